The summed E-state index contributed by atoms with van der Waals surface area (Å²) in [6, 6.07) is 15.7. The van der Waals surface area contributed by atoms with Crippen molar-refractivity contribution in [3.05, 3.63) is 77.5 Å². The molecule has 0 aliphatic heterocycles. The van der Waals surface area contributed by atoms with Gasteiger partial charge in [0.1, 0.15) is 0 Å². The third-order valence-corrected chi connectivity index (χ3v) is 4.77. The lowest BCUT2D eigenvalue weighted by Crippen LogP contribution is -2.19. The van der Waals surface area contributed by atoms with Gasteiger partial charge in [-0.3, -0.25) is 9.78 Å². The van der Waals surface area contributed by atoms with E-state index >= 15 is 0 Å². The van der Waals surface area contributed by atoms with E-state index in [1.54, 1.807) is 6.20 Å². The van der Waals surface area contributed by atoms with Gasteiger partial charge in [-0.05, 0) is 48.1 Å². The zero-order chi connectivity index (χ0) is 19.6. The maximum Gasteiger partial charge on any atom is 0.256 e. The van der Waals surface area contributed by atoms with Gasteiger partial charge in [-0.2, -0.15) is 0 Å². The van der Waals surface area contributed by atoms with E-state index in [-0.39, 0.29) is 11.3 Å². The molecule has 138 valence electrons. The predicted molar refractivity (Wildman–Crippen MR) is 114 cm³/mol. The van der Waals surface area contributed by atoms with Gasteiger partial charge in [0, 0.05) is 11.6 Å². The number of hydrogen-bond donors (Lipinski definition) is 1. The number of fused-ring (bicyclic) bond motifs is 1. The van der Waals surface area contributed by atoms with Gasteiger partial charge in [-0.15, -0.1) is 0 Å². The lowest BCUT2D eigenvalue weighted by Gasteiger charge is -2.26. The van der Waals surface area contributed by atoms with Crippen LogP contribution in [0.5, 0.6) is 0 Å². The summed E-state index contributed by atoms with van der Waals surface area (Å²) in [6.45, 7) is 10.5. The molecule has 1 heterocycles. The van der Waals surface area contributed by atoms with Crippen LogP contribution in [0.1, 0.15) is 49.2 Å². The number of anilines is 1. The van der Waals surface area contributed by atoms with Gasteiger partial charge in [-0.1, -0.05) is 63.2 Å². The zero-order valence-electron chi connectivity index (χ0n) is 16.6. The fourth-order valence-electron chi connectivity index (χ4n) is 3.58. The van der Waals surface area contributed by atoms with Crippen molar-refractivity contribution in [2.45, 2.75) is 34.6 Å². The van der Waals surface area contributed by atoms with Crippen LogP contribution < -0.4 is 5.32 Å². The van der Waals surface area contributed by atoms with Crippen LogP contribution in [0.3, 0.4) is 0 Å². The quantitative estimate of drug-likeness (QED) is 0.601. The maximum absolute atomic E-state index is 13.3. The summed E-state index contributed by atoms with van der Waals surface area (Å²) in [7, 11) is 0. The molecule has 1 N–H and O–H groups in total. The number of pyridine rings is 1. The number of para-hydroxylation sites is 1. The molecular formula is C24H26N2O. The molecule has 3 nitrogen and oxygen atoms in total. The molecular weight excluding hydrogens is 332 g/mol. The van der Waals surface area contributed by atoms with Gasteiger partial charge in [-0.25, -0.2) is 0 Å². The van der Waals surface area contributed by atoms with E-state index in [1.165, 1.54) is 0 Å². The van der Waals surface area contributed by atoms with Crippen LogP contribution in [0.4, 0.5) is 5.69 Å². The summed E-state index contributed by atoms with van der Waals surface area (Å²) >= 11 is 0. The van der Waals surface area contributed by atoms with Crippen LogP contribution in [0.15, 0.2) is 60.8 Å². The summed E-state index contributed by atoms with van der Waals surface area (Å²) < 4.78 is 0. The number of nitrogens with one attached hydrogen (secondary N) is 1. The fraction of sp³-hybridized carbons (Fsp3) is 0.250. The Labute approximate surface area is 161 Å². The van der Waals surface area contributed by atoms with Gasteiger partial charge in [0.2, 0.25) is 0 Å². The molecule has 27 heavy (non-hydrogen) atoms. The molecule has 0 aliphatic rings. The lowest BCUT2D eigenvalue weighted by atomic mass is 9.79. The maximum atomic E-state index is 13.3. The number of amides is 1. The highest BCUT2D eigenvalue weighted by molar-refractivity contribution is 6.11. The molecule has 0 bridgehead atoms. The zero-order valence-corrected chi connectivity index (χ0v) is 16.6. The van der Waals surface area contributed by atoms with Crippen molar-refractivity contribution in [2.75, 3.05) is 5.32 Å². The first kappa shape index (κ1) is 18.8. The molecule has 0 saturated carbocycles. The average Bonchev–Trinajstić information content (AvgIpc) is 2.61. The fourth-order valence-corrected chi connectivity index (χ4v) is 3.58. The van der Waals surface area contributed by atoms with Gasteiger partial charge in [0.05, 0.1) is 16.8 Å². The smallest absolute Gasteiger partial charge is 0.256 e. The van der Waals surface area contributed by atoms with Crippen molar-refractivity contribution in [3.8, 4) is 0 Å². The highest BCUT2D eigenvalue weighted by Gasteiger charge is 2.24. The van der Waals surface area contributed by atoms with Crippen molar-refractivity contribution in [1.82, 2.24) is 4.98 Å². The second-order valence-electron chi connectivity index (χ2n) is 7.78. The van der Waals surface area contributed by atoms with E-state index in [1.807, 2.05) is 62.4 Å². The second-order valence-corrected chi connectivity index (χ2v) is 7.78. The van der Waals surface area contributed by atoms with E-state index < -0.39 is 0 Å². The van der Waals surface area contributed by atoms with E-state index in [4.69, 9.17) is 0 Å². The van der Waals surface area contributed by atoms with Crippen LogP contribution in [0.2, 0.25) is 0 Å². The molecule has 0 spiro atoms. The van der Waals surface area contributed by atoms with Crippen molar-refractivity contribution < 1.29 is 4.79 Å². The summed E-state index contributed by atoms with van der Waals surface area (Å²) in [5.41, 5.74) is 5.28. The number of hydrogen-bond acceptors (Lipinski definition) is 2. The summed E-state index contributed by atoms with van der Waals surface area (Å²) in [5.74, 6) is -0.107. The third-order valence-electron chi connectivity index (χ3n) is 4.77. The standard InChI is InChI=1S/C24H26N2O/c1-6-19(24(3,4)5)18-13-7-10-16(2)21(18)23(27)26-20-14-8-11-17-12-9-15-25-22(17)20/h6-15H,1-5H3,(H,26,27)/b19-6-. The monoisotopic (exact) mass is 358 g/mol. The highest BCUT2D eigenvalue weighted by atomic mass is 16.1. The van der Waals surface area contributed by atoms with Crippen molar-refractivity contribution >= 4 is 28.1 Å². The predicted octanol–water partition coefficient (Wildman–Crippen LogP) is 6.24. The number of nitrogens with zero attached hydrogens (tertiary/aromatic N) is 1. The second kappa shape index (κ2) is 7.36. The number of rotatable bonds is 3. The van der Waals surface area contributed by atoms with E-state index in [0.717, 1.165) is 33.3 Å². The van der Waals surface area contributed by atoms with E-state index in [2.05, 4.69) is 37.1 Å². The van der Waals surface area contributed by atoms with Crippen LogP contribution in [-0.4, -0.2) is 10.9 Å². The molecule has 0 aliphatic carbocycles. The normalized spacial score (nSPS) is 12.3. The number of aryl methyl sites for hydroxylation is 1. The Morgan fingerprint density at radius 3 is 2.44 bits per heavy atom. The summed E-state index contributed by atoms with van der Waals surface area (Å²) in [4.78, 5) is 17.7. The molecule has 0 unspecified atom stereocenters. The Bertz CT molecular complexity index is 1020. The lowest BCUT2D eigenvalue weighted by molar-refractivity contribution is 0.102. The van der Waals surface area contributed by atoms with Crippen LogP contribution in [0.25, 0.3) is 16.5 Å². The van der Waals surface area contributed by atoms with Gasteiger partial charge < -0.3 is 5.32 Å². The number of allylic oxidation sites excluding steroid dienone is 2. The van der Waals surface area contributed by atoms with Crippen LogP contribution in [0, 0.1) is 12.3 Å². The van der Waals surface area contributed by atoms with Gasteiger partial charge in [0.25, 0.3) is 5.91 Å². The summed E-state index contributed by atoms with van der Waals surface area (Å²) in [5, 5.41) is 4.09. The molecule has 3 rings (SSSR count). The average molecular weight is 358 g/mol. The topological polar surface area (TPSA) is 42.0 Å². The molecule has 0 atom stereocenters. The molecule has 3 aromatic rings. The summed E-state index contributed by atoms with van der Waals surface area (Å²) in [6.07, 6.45) is 3.85. The Morgan fingerprint density at radius 2 is 1.74 bits per heavy atom. The highest BCUT2D eigenvalue weighted by Crippen LogP contribution is 2.36. The molecule has 1 amide bonds. The number of carbonyl (C=O) groups is 1. The number of aromatic nitrogens is 1. The molecule has 0 fully saturated rings. The van der Waals surface area contributed by atoms with Crippen molar-refractivity contribution in [3.63, 3.8) is 0 Å². The molecule has 3 heteroatoms. The SMILES string of the molecule is C/C=C(/c1cccc(C)c1C(=O)Nc1cccc2cccnc12)C(C)(C)C. The Balaban J connectivity index is 2.08. The van der Waals surface area contributed by atoms with Gasteiger partial charge in [0.15, 0.2) is 0 Å². The molecule has 0 radical (unpaired) electrons. The minimum Gasteiger partial charge on any atom is -0.320 e. The largest absolute Gasteiger partial charge is 0.320 e. The Morgan fingerprint density at radius 1 is 1.04 bits per heavy atom. The van der Waals surface area contributed by atoms with Crippen LogP contribution >= 0.6 is 0 Å². The Kier molecular flexibility index (Phi) is 5.13. The van der Waals surface area contributed by atoms with Crippen molar-refractivity contribution in [1.29, 1.82) is 0 Å². The Hall–Kier alpha value is -2.94. The molecule has 0 saturated heterocycles. The number of carbonyl (C=O) groups excluding carboxylic acids is 1. The van der Waals surface area contributed by atoms with E-state index in [9.17, 15) is 4.79 Å². The van der Waals surface area contributed by atoms with Gasteiger partial charge >= 0.3 is 0 Å². The molecule has 2 aromatic carbocycles. The minimum atomic E-state index is -0.107. The molecule has 1 aromatic heterocycles. The first-order valence-corrected chi connectivity index (χ1v) is 9.25. The first-order valence-electron chi connectivity index (χ1n) is 9.25. The number of benzene rings is 2. The van der Waals surface area contributed by atoms with Crippen molar-refractivity contribution in [2.24, 2.45) is 5.41 Å². The first-order chi connectivity index (χ1) is 12.8. The van der Waals surface area contributed by atoms with E-state index in [0.29, 0.717) is 5.56 Å². The minimum absolute atomic E-state index is 0.0570. The third kappa shape index (κ3) is 3.77. The van der Waals surface area contributed by atoms with Crippen LogP contribution in [-0.2, 0) is 0 Å².